The predicted molar refractivity (Wildman–Crippen MR) is 100 cm³/mol. The average molecular weight is 329 g/mol. The van der Waals surface area contributed by atoms with E-state index in [0.717, 1.165) is 0 Å². The van der Waals surface area contributed by atoms with Gasteiger partial charge in [-0.25, -0.2) is 0 Å². The summed E-state index contributed by atoms with van der Waals surface area (Å²) < 4.78 is 2.61. The van der Waals surface area contributed by atoms with Crippen LogP contribution in [0.3, 0.4) is 0 Å². The zero-order valence-corrected chi connectivity index (χ0v) is 15.5. The molecule has 0 atom stereocenters. The van der Waals surface area contributed by atoms with E-state index in [0.29, 0.717) is 16.2 Å². The van der Waals surface area contributed by atoms with Crippen LogP contribution in [-0.2, 0) is 0 Å². The summed E-state index contributed by atoms with van der Waals surface area (Å²) in [4.78, 5) is 0. The first-order valence-corrected chi connectivity index (χ1v) is 12.4. The Kier molecular flexibility index (Phi) is 12.7. The minimum absolute atomic E-state index is 0.537. The molecule has 0 spiro atoms. The Morgan fingerprint density at radius 1 is 0.500 bits per heavy atom. The monoisotopic (exact) mass is 329 g/mol. The summed E-state index contributed by atoms with van der Waals surface area (Å²) in [5.74, 6) is 0. The van der Waals surface area contributed by atoms with E-state index in [-0.39, 0.29) is 0 Å². The van der Waals surface area contributed by atoms with Crippen molar-refractivity contribution in [1.82, 2.24) is 4.63 Å². The van der Waals surface area contributed by atoms with Gasteiger partial charge in [0.1, 0.15) is 0 Å². The molecule has 0 radical (unpaired) electrons. The van der Waals surface area contributed by atoms with Crippen LogP contribution in [0.25, 0.3) is 0 Å². The van der Waals surface area contributed by atoms with Gasteiger partial charge in [-0.3, -0.25) is 0 Å². The van der Waals surface area contributed by atoms with Crippen molar-refractivity contribution in [3.05, 3.63) is 0 Å². The van der Waals surface area contributed by atoms with Crippen molar-refractivity contribution in [1.29, 1.82) is 0 Å². The van der Waals surface area contributed by atoms with Gasteiger partial charge in [-0.15, -0.1) is 0 Å². The highest BCUT2D eigenvalue weighted by molar-refractivity contribution is 8.61. The van der Waals surface area contributed by atoms with Gasteiger partial charge >= 0.3 is 16.2 Å². The second-order valence-electron chi connectivity index (χ2n) is 2.78. The lowest BCUT2D eigenvalue weighted by molar-refractivity contribution is 1.14. The number of nitrogens with zero attached hydrogens (tertiary/aromatic N) is 1. The Morgan fingerprint density at radius 3 is 0.812 bits per heavy atom. The fraction of sp³-hybridized carbons (Fsp3) is 1.00. The normalized spacial score (nSPS) is 10.7. The van der Waals surface area contributed by atoms with E-state index in [2.05, 4.69) is 42.2 Å². The molecule has 0 N–H and O–H groups in total. The van der Waals surface area contributed by atoms with Gasteiger partial charge in [-0.1, -0.05) is 0 Å². The summed E-state index contributed by atoms with van der Waals surface area (Å²) in [6.07, 6.45) is 13.2. The van der Waals surface area contributed by atoms with Crippen LogP contribution in [0.15, 0.2) is 0 Å². The number of rotatable bonds is 9. The Labute approximate surface area is 127 Å². The highest BCUT2D eigenvalue weighted by atomic mass is 32.2. The van der Waals surface area contributed by atoms with Gasteiger partial charge in [0.15, 0.2) is 0 Å². The molecule has 0 aliphatic carbocycles. The highest BCUT2D eigenvalue weighted by Gasteiger charge is 2.38. The molecule has 0 aromatic carbocycles. The zero-order valence-electron chi connectivity index (χ0n) is 10.6. The smallest absolute Gasteiger partial charge is 0.340 e. The van der Waals surface area contributed by atoms with Crippen LogP contribution in [0.2, 0.25) is 0 Å². The SMILES string of the molecule is CSB(SC)N(B(SC)SC)B(SC)SC. The molecule has 0 aliphatic rings. The molecular weight excluding hydrogens is 311 g/mol. The molecule has 10 heteroatoms. The van der Waals surface area contributed by atoms with Gasteiger partial charge < -0.3 is 4.63 Å². The van der Waals surface area contributed by atoms with Crippen molar-refractivity contribution < 1.29 is 0 Å². The molecular formula is C6H18B3NS6. The molecule has 0 saturated carbocycles. The zero-order chi connectivity index (χ0) is 12.6. The van der Waals surface area contributed by atoms with E-state index in [9.17, 15) is 0 Å². The quantitative estimate of drug-likeness (QED) is 0.589. The Bertz CT molecular complexity index is 138. The molecule has 0 aromatic rings. The largest absolute Gasteiger partial charge is 0.369 e. The lowest BCUT2D eigenvalue weighted by Crippen LogP contribution is -2.50. The predicted octanol–water partition coefficient (Wildman–Crippen LogP) is 3.42. The van der Waals surface area contributed by atoms with Crippen LogP contribution in [0.4, 0.5) is 0 Å². The third-order valence-electron chi connectivity index (χ3n) is 1.94. The van der Waals surface area contributed by atoms with E-state index in [1.165, 1.54) is 0 Å². The first kappa shape index (κ1) is 18.3. The minimum Gasteiger partial charge on any atom is -0.369 e. The summed E-state index contributed by atoms with van der Waals surface area (Å²) in [6.45, 7) is 0. The van der Waals surface area contributed by atoms with E-state index >= 15 is 0 Å². The molecule has 92 valence electrons. The van der Waals surface area contributed by atoms with Crippen molar-refractivity contribution in [2.75, 3.05) is 37.5 Å². The third-order valence-corrected chi connectivity index (χ3v) is 9.28. The summed E-state index contributed by atoms with van der Waals surface area (Å²) in [5.41, 5.74) is 0. The van der Waals surface area contributed by atoms with Crippen molar-refractivity contribution in [3.8, 4) is 0 Å². The van der Waals surface area contributed by atoms with Crippen molar-refractivity contribution >= 4 is 85.9 Å². The Morgan fingerprint density at radius 2 is 0.688 bits per heavy atom. The summed E-state index contributed by atoms with van der Waals surface area (Å²) in [5, 5.41) is 1.61. The molecule has 16 heavy (non-hydrogen) atoms. The first-order chi connectivity index (χ1) is 7.69. The Balaban J connectivity index is 4.84. The molecule has 0 bridgehead atoms. The molecule has 0 saturated heterocycles. The van der Waals surface area contributed by atoms with Crippen LogP contribution >= 0.6 is 69.7 Å². The van der Waals surface area contributed by atoms with Crippen LogP contribution in [0.1, 0.15) is 0 Å². The summed E-state index contributed by atoms with van der Waals surface area (Å²) in [6, 6.07) is 0. The molecule has 0 amide bonds. The standard InChI is InChI=1S/C6H18B3NS6/c1-11-7(12-2)10(8(13-3)14-4)9(15-5)16-6/h1-6H3. The van der Waals surface area contributed by atoms with Gasteiger partial charge in [-0.2, -0.15) is 69.7 Å². The molecule has 0 heterocycles. The number of hydrogen-bond acceptors (Lipinski definition) is 7. The average Bonchev–Trinajstić information content (AvgIpc) is 2.33. The van der Waals surface area contributed by atoms with Gasteiger partial charge in [0.05, 0.1) is 0 Å². The minimum atomic E-state index is 0.537. The van der Waals surface area contributed by atoms with Gasteiger partial charge in [0.2, 0.25) is 0 Å². The maximum Gasteiger partial charge on any atom is 0.340 e. The van der Waals surface area contributed by atoms with Crippen LogP contribution in [0, 0.1) is 0 Å². The van der Waals surface area contributed by atoms with E-state index in [4.69, 9.17) is 0 Å². The molecule has 0 rings (SSSR count). The lowest BCUT2D eigenvalue weighted by atomic mass is 9.98. The number of hydrogen-bond donors (Lipinski definition) is 0. The van der Waals surface area contributed by atoms with E-state index in [1.807, 2.05) is 69.7 Å². The molecule has 0 fully saturated rings. The van der Waals surface area contributed by atoms with Crippen molar-refractivity contribution in [2.45, 2.75) is 0 Å². The second-order valence-corrected chi connectivity index (χ2v) is 9.19. The molecule has 0 unspecified atom stereocenters. The molecule has 0 aromatic heterocycles. The van der Waals surface area contributed by atoms with Crippen molar-refractivity contribution in [3.63, 3.8) is 0 Å². The second kappa shape index (κ2) is 11.1. The molecule has 0 aliphatic heterocycles. The summed E-state index contributed by atoms with van der Waals surface area (Å²) in [7, 11) is 0. The fourth-order valence-electron chi connectivity index (χ4n) is 1.32. The van der Waals surface area contributed by atoms with E-state index in [1.54, 1.807) is 0 Å². The summed E-state index contributed by atoms with van der Waals surface area (Å²) >= 11 is 11.6. The lowest BCUT2D eigenvalue weighted by Gasteiger charge is -2.34. The van der Waals surface area contributed by atoms with Gasteiger partial charge in [0.25, 0.3) is 0 Å². The fourth-order valence-corrected chi connectivity index (χ4v) is 7.47. The Hall–Kier alpha value is 2.25. The maximum absolute atomic E-state index is 2.61. The van der Waals surface area contributed by atoms with Crippen LogP contribution in [0.5, 0.6) is 0 Å². The maximum atomic E-state index is 2.61. The third kappa shape index (κ3) is 5.49. The topological polar surface area (TPSA) is 3.24 Å². The van der Waals surface area contributed by atoms with Crippen LogP contribution in [-0.4, -0.2) is 58.4 Å². The molecule has 1 nitrogen and oxygen atoms in total. The van der Waals surface area contributed by atoms with Gasteiger partial charge in [0, 0.05) is 0 Å². The first-order valence-electron chi connectivity index (χ1n) is 4.64. The van der Waals surface area contributed by atoms with E-state index < -0.39 is 0 Å². The highest BCUT2D eigenvalue weighted by Crippen LogP contribution is 2.33. The van der Waals surface area contributed by atoms with Gasteiger partial charge in [-0.05, 0) is 37.5 Å². The van der Waals surface area contributed by atoms with Crippen LogP contribution < -0.4 is 0 Å². The van der Waals surface area contributed by atoms with Crippen molar-refractivity contribution in [2.24, 2.45) is 0 Å².